The Balaban J connectivity index is 0.00000261. The van der Waals surface area contributed by atoms with Gasteiger partial charge in [-0.3, -0.25) is 9.59 Å². The van der Waals surface area contributed by atoms with Gasteiger partial charge in [-0.15, -0.1) is 12.4 Å². The van der Waals surface area contributed by atoms with Crippen LogP contribution in [0.4, 0.5) is 4.39 Å². The Bertz CT molecular complexity index is 859. The van der Waals surface area contributed by atoms with E-state index in [1.807, 2.05) is 0 Å². The molecule has 2 aromatic rings. The van der Waals surface area contributed by atoms with Crippen LogP contribution < -0.4 is 16.2 Å². The number of carbonyl (C=O) groups is 1. The fraction of sp³-hybridized carbons (Fsp3) is 0.368. The van der Waals surface area contributed by atoms with Gasteiger partial charge in [0, 0.05) is 29.4 Å². The smallest absolute Gasteiger partial charge is 0.263 e. The van der Waals surface area contributed by atoms with Gasteiger partial charge in [-0.05, 0) is 56.6 Å². The maximum atomic E-state index is 13.9. The highest BCUT2D eigenvalue weighted by molar-refractivity contribution is 6.31. The first-order valence-corrected chi connectivity index (χ1v) is 9.00. The number of aryl methyl sites for hydroxylation is 1. The number of rotatable bonds is 4. The zero-order chi connectivity index (χ0) is 18.7. The first-order chi connectivity index (χ1) is 12.5. The van der Waals surface area contributed by atoms with E-state index in [4.69, 9.17) is 11.6 Å². The number of piperidine rings is 1. The molecule has 0 aliphatic carbocycles. The van der Waals surface area contributed by atoms with Crippen molar-refractivity contribution in [1.82, 2.24) is 15.2 Å². The molecule has 0 radical (unpaired) electrons. The van der Waals surface area contributed by atoms with Crippen LogP contribution in [0.5, 0.6) is 0 Å². The lowest BCUT2D eigenvalue weighted by molar-refractivity contribution is 0.0947. The van der Waals surface area contributed by atoms with Crippen molar-refractivity contribution in [2.24, 2.45) is 0 Å². The van der Waals surface area contributed by atoms with Crippen LogP contribution in [0.1, 0.15) is 40.4 Å². The molecule has 146 valence electrons. The third kappa shape index (κ3) is 4.69. The van der Waals surface area contributed by atoms with Crippen molar-refractivity contribution in [2.75, 3.05) is 13.1 Å². The Labute approximate surface area is 168 Å². The molecule has 0 spiro atoms. The summed E-state index contributed by atoms with van der Waals surface area (Å²) in [6.07, 6.45) is 3.43. The second-order valence-corrected chi connectivity index (χ2v) is 6.86. The van der Waals surface area contributed by atoms with Crippen LogP contribution in [0.2, 0.25) is 5.02 Å². The summed E-state index contributed by atoms with van der Waals surface area (Å²) in [5.41, 5.74) is 0.583. The Kier molecular flexibility index (Phi) is 7.41. The van der Waals surface area contributed by atoms with Crippen LogP contribution in [-0.4, -0.2) is 23.6 Å². The Hall–Kier alpha value is -1.89. The number of nitrogens with one attached hydrogen (secondary N) is 2. The average molecular weight is 414 g/mol. The van der Waals surface area contributed by atoms with E-state index in [0.29, 0.717) is 5.56 Å². The third-order valence-electron chi connectivity index (χ3n) is 4.74. The standard InChI is InChI=1S/C19H21ClFN3O2.ClH/c1-12-7-10-24(13-5-8-22-9-6-13)19(26)17(12)18(25)23-11-14-15(20)3-2-4-16(14)21;/h2-4,7,10,13,22H,5-6,8-9,11H2,1H3,(H,23,25);1H. The number of carbonyl (C=O) groups excluding carboxylic acids is 1. The summed E-state index contributed by atoms with van der Waals surface area (Å²) >= 11 is 5.99. The first-order valence-electron chi connectivity index (χ1n) is 8.62. The summed E-state index contributed by atoms with van der Waals surface area (Å²) in [7, 11) is 0. The van der Waals surface area contributed by atoms with E-state index < -0.39 is 11.7 Å². The molecule has 0 atom stereocenters. The molecule has 0 unspecified atom stereocenters. The summed E-state index contributed by atoms with van der Waals surface area (Å²) in [6, 6.07) is 6.20. The number of amides is 1. The van der Waals surface area contributed by atoms with E-state index in [-0.39, 0.29) is 46.7 Å². The second-order valence-electron chi connectivity index (χ2n) is 6.45. The maximum Gasteiger partial charge on any atom is 0.263 e. The molecular formula is C19H22Cl2FN3O2. The van der Waals surface area contributed by atoms with Crippen LogP contribution in [0.15, 0.2) is 35.3 Å². The predicted molar refractivity (Wildman–Crippen MR) is 106 cm³/mol. The van der Waals surface area contributed by atoms with Crippen LogP contribution >= 0.6 is 24.0 Å². The van der Waals surface area contributed by atoms with Crippen molar-refractivity contribution >= 4 is 29.9 Å². The summed E-state index contributed by atoms with van der Waals surface area (Å²) in [6.45, 7) is 3.33. The molecule has 2 N–H and O–H groups in total. The molecule has 0 saturated carbocycles. The molecule has 1 aromatic heterocycles. The average Bonchev–Trinajstić information content (AvgIpc) is 2.62. The lowest BCUT2D eigenvalue weighted by Crippen LogP contribution is -2.38. The molecule has 8 heteroatoms. The van der Waals surface area contributed by atoms with Crippen LogP contribution in [-0.2, 0) is 6.54 Å². The van der Waals surface area contributed by atoms with Gasteiger partial charge in [0.1, 0.15) is 11.4 Å². The van der Waals surface area contributed by atoms with Gasteiger partial charge in [-0.1, -0.05) is 17.7 Å². The molecule has 0 bridgehead atoms. The van der Waals surface area contributed by atoms with E-state index in [0.717, 1.165) is 25.9 Å². The summed E-state index contributed by atoms with van der Waals surface area (Å²) in [5, 5.41) is 6.12. The summed E-state index contributed by atoms with van der Waals surface area (Å²) < 4.78 is 15.5. The lowest BCUT2D eigenvalue weighted by atomic mass is 10.0. The van der Waals surface area contributed by atoms with Crippen molar-refractivity contribution in [3.8, 4) is 0 Å². The highest BCUT2D eigenvalue weighted by atomic mass is 35.5. The van der Waals surface area contributed by atoms with E-state index in [2.05, 4.69) is 10.6 Å². The third-order valence-corrected chi connectivity index (χ3v) is 5.10. The number of aromatic nitrogens is 1. The Morgan fingerprint density at radius 1 is 1.33 bits per heavy atom. The minimum Gasteiger partial charge on any atom is -0.348 e. The number of benzene rings is 1. The molecule has 1 saturated heterocycles. The minimum atomic E-state index is -0.518. The Morgan fingerprint density at radius 2 is 2.04 bits per heavy atom. The normalized spacial score (nSPS) is 14.5. The van der Waals surface area contributed by atoms with Gasteiger partial charge in [0.25, 0.3) is 11.5 Å². The van der Waals surface area contributed by atoms with Crippen molar-refractivity contribution in [1.29, 1.82) is 0 Å². The van der Waals surface area contributed by atoms with E-state index in [1.165, 1.54) is 12.1 Å². The largest absolute Gasteiger partial charge is 0.348 e. The molecule has 1 aliphatic rings. The number of pyridine rings is 1. The molecule has 5 nitrogen and oxygen atoms in total. The van der Waals surface area contributed by atoms with Gasteiger partial charge in [0.2, 0.25) is 0 Å². The zero-order valence-electron chi connectivity index (χ0n) is 14.9. The molecular weight excluding hydrogens is 392 g/mol. The number of nitrogens with zero attached hydrogens (tertiary/aromatic N) is 1. The predicted octanol–water partition coefficient (Wildman–Crippen LogP) is 3.23. The van der Waals surface area contributed by atoms with E-state index in [9.17, 15) is 14.0 Å². The number of hydrogen-bond acceptors (Lipinski definition) is 3. The monoisotopic (exact) mass is 413 g/mol. The van der Waals surface area contributed by atoms with Gasteiger partial charge in [0.15, 0.2) is 0 Å². The minimum absolute atomic E-state index is 0. The maximum absolute atomic E-state index is 13.9. The second kappa shape index (κ2) is 9.35. The Morgan fingerprint density at radius 3 is 2.70 bits per heavy atom. The quantitative estimate of drug-likeness (QED) is 0.808. The highest BCUT2D eigenvalue weighted by Crippen LogP contribution is 2.19. The summed E-state index contributed by atoms with van der Waals surface area (Å²) in [4.78, 5) is 25.5. The first kappa shape index (κ1) is 21.4. The van der Waals surface area contributed by atoms with Crippen LogP contribution in [0.25, 0.3) is 0 Å². The van der Waals surface area contributed by atoms with Crippen molar-refractivity contribution in [2.45, 2.75) is 32.4 Å². The molecule has 27 heavy (non-hydrogen) atoms. The highest BCUT2D eigenvalue weighted by Gasteiger charge is 2.21. The molecule has 3 rings (SSSR count). The number of hydrogen-bond donors (Lipinski definition) is 2. The fourth-order valence-corrected chi connectivity index (χ4v) is 3.48. The van der Waals surface area contributed by atoms with Crippen LogP contribution in [0, 0.1) is 12.7 Å². The topological polar surface area (TPSA) is 63.1 Å². The van der Waals surface area contributed by atoms with Gasteiger partial charge in [0.05, 0.1) is 0 Å². The molecule has 1 amide bonds. The number of halogens is 3. The van der Waals surface area contributed by atoms with Crippen molar-refractivity contribution < 1.29 is 9.18 Å². The molecule has 1 aliphatic heterocycles. The van der Waals surface area contributed by atoms with Gasteiger partial charge < -0.3 is 15.2 Å². The molecule has 1 aromatic carbocycles. The van der Waals surface area contributed by atoms with Crippen LogP contribution in [0.3, 0.4) is 0 Å². The molecule has 2 heterocycles. The fourth-order valence-electron chi connectivity index (χ4n) is 3.25. The SMILES string of the molecule is Cc1ccn(C2CCNCC2)c(=O)c1C(=O)NCc1c(F)cccc1Cl.Cl. The van der Waals surface area contributed by atoms with Crippen molar-refractivity contribution in [3.05, 3.63) is 68.3 Å². The lowest BCUT2D eigenvalue weighted by Gasteiger charge is -2.25. The van der Waals surface area contributed by atoms with Gasteiger partial charge in [-0.25, -0.2) is 4.39 Å². The zero-order valence-corrected chi connectivity index (χ0v) is 16.5. The van der Waals surface area contributed by atoms with Crippen molar-refractivity contribution in [3.63, 3.8) is 0 Å². The van der Waals surface area contributed by atoms with Gasteiger partial charge >= 0.3 is 0 Å². The molecule has 1 fully saturated rings. The van der Waals surface area contributed by atoms with Gasteiger partial charge in [-0.2, -0.15) is 0 Å². The van der Waals surface area contributed by atoms with E-state index in [1.54, 1.807) is 29.8 Å². The van der Waals surface area contributed by atoms with E-state index >= 15 is 0 Å². The summed E-state index contributed by atoms with van der Waals surface area (Å²) in [5.74, 6) is -1.01.